The quantitative estimate of drug-likeness (QED) is 0.508. The summed E-state index contributed by atoms with van der Waals surface area (Å²) in [5.41, 5.74) is 4.23. The van der Waals surface area contributed by atoms with E-state index >= 15 is 0 Å². The van der Waals surface area contributed by atoms with Crippen LogP contribution in [-0.2, 0) is 6.61 Å². The molecule has 0 bridgehead atoms. The molecule has 0 saturated carbocycles. The number of fused-ring (bicyclic) bond motifs is 1. The van der Waals surface area contributed by atoms with Gasteiger partial charge < -0.3 is 13.9 Å². The highest BCUT2D eigenvalue weighted by Crippen LogP contribution is 2.30. The van der Waals surface area contributed by atoms with Crippen LogP contribution in [0.4, 0.5) is 0 Å². The van der Waals surface area contributed by atoms with Crippen molar-refractivity contribution >= 4 is 11.1 Å². The van der Waals surface area contributed by atoms with Gasteiger partial charge in [0, 0.05) is 6.07 Å². The lowest BCUT2D eigenvalue weighted by molar-refractivity contribution is 0.301. The molecule has 4 rings (SSSR count). The zero-order valence-corrected chi connectivity index (χ0v) is 15.5. The molecule has 28 heavy (non-hydrogen) atoms. The minimum atomic E-state index is 0.330. The Morgan fingerprint density at radius 3 is 2.71 bits per heavy atom. The third-order valence-corrected chi connectivity index (χ3v) is 4.39. The molecule has 0 amide bonds. The van der Waals surface area contributed by atoms with Crippen molar-refractivity contribution in [1.82, 2.24) is 9.97 Å². The van der Waals surface area contributed by atoms with Crippen molar-refractivity contribution in [3.63, 3.8) is 0 Å². The van der Waals surface area contributed by atoms with Crippen LogP contribution in [0.3, 0.4) is 0 Å². The first kappa shape index (κ1) is 17.6. The SMILES string of the molecule is COc1ccc(COc2ccc3oc(-c4cccc(C)c4C#N)nc3c2)nc1. The average Bonchev–Trinajstić information content (AvgIpc) is 3.15. The number of nitrogens with zero attached hydrogens (tertiary/aromatic N) is 3. The number of hydrogen-bond acceptors (Lipinski definition) is 6. The number of aryl methyl sites for hydroxylation is 1. The zero-order chi connectivity index (χ0) is 19.5. The average molecular weight is 371 g/mol. The lowest BCUT2D eigenvalue weighted by atomic mass is 10.0. The van der Waals surface area contributed by atoms with Crippen molar-refractivity contribution in [3.8, 4) is 29.0 Å². The van der Waals surface area contributed by atoms with Gasteiger partial charge in [0.15, 0.2) is 5.58 Å². The van der Waals surface area contributed by atoms with Gasteiger partial charge in [-0.3, -0.25) is 4.98 Å². The van der Waals surface area contributed by atoms with Crippen LogP contribution in [0.2, 0.25) is 0 Å². The van der Waals surface area contributed by atoms with Crippen LogP contribution >= 0.6 is 0 Å². The van der Waals surface area contributed by atoms with E-state index in [0.29, 0.717) is 46.2 Å². The van der Waals surface area contributed by atoms with Gasteiger partial charge in [-0.25, -0.2) is 4.98 Å². The van der Waals surface area contributed by atoms with E-state index in [1.807, 2.05) is 55.5 Å². The fourth-order valence-electron chi connectivity index (χ4n) is 2.88. The molecule has 6 heteroatoms. The summed E-state index contributed by atoms with van der Waals surface area (Å²) in [4.78, 5) is 8.82. The van der Waals surface area contributed by atoms with Crippen LogP contribution in [0.5, 0.6) is 11.5 Å². The van der Waals surface area contributed by atoms with Crippen molar-refractivity contribution in [2.45, 2.75) is 13.5 Å². The molecule has 138 valence electrons. The molecule has 6 nitrogen and oxygen atoms in total. The van der Waals surface area contributed by atoms with Gasteiger partial charge in [-0.2, -0.15) is 5.26 Å². The molecular weight excluding hydrogens is 354 g/mol. The highest BCUT2D eigenvalue weighted by atomic mass is 16.5. The molecule has 0 aliphatic carbocycles. The second-order valence-corrected chi connectivity index (χ2v) is 6.24. The maximum atomic E-state index is 9.44. The number of nitriles is 1. The summed E-state index contributed by atoms with van der Waals surface area (Å²) in [6, 6.07) is 17.0. The first-order valence-corrected chi connectivity index (χ1v) is 8.70. The largest absolute Gasteiger partial charge is 0.495 e. The molecule has 2 aromatic carbocycles. The van der Waals surface area contributed by atoms with Crippen molar-refractivity contribution in [3.05, 3.63) is 71.5 Å². The van der Waals surface area contributed by atoms with Gasteiger partial charge in [-0.05, 0) is 42.8 Å². The van der Waals surface area contributed by atoms with Gasteiger partial charge in [0.25, 0.3) is 0 Å². The van der Waals surface area contributed by atoms with Crippen LogP contribution in [-0.4, -0.2) is 17.1 Å². The number of ether oxygens (including phenoxy) is 2. The third-order valence-electron chi connectivity index (χ3n) is 4.39. The summed E-state index contributed by atoms with van der Waals surface area (Å²) < 4.78 is 16.8. The van der Waals surface area contributed by atoms with Crippen molar-refractivity contribution in [2.24, 2.45) is 0 Å². The molecule has 2 heterocycles. The van der Waals surface area contributed by atoms with E-state index in [9.17, 15) is 5.26 Å². The van der Waals surface area contributed by atoms with Gasteiger partial charge in [-0.1, -0.05) is 12.1 Å². The number of rotatable bonds is 5. The Hall–Kier alpha value is -3.85. The molecule has 0 atom stereocenters. The lowest BCUT2D eigenvalue weighted by Crippen LogP contribution is -1.98. The molecule has 0 N–H and O–H groups in total. The van der Waals surface area contributed by atoms with Gasteiger partial charge in [0.2, 0.25) is 5.89 Å². The molecule has 0 saturated heterocycles. The second kappa shape index (κ2) is 7.41. The lowest BCUT2D eigenvalue weighted by Gasteiger charge is -2.06. The summed E-state index contributed by atoms with van der Waals surface area (Å²) >= 11 is 0. The highest BCUT2D eigenvalue weighted by molar-refractivity contribution is 5.79. The first-order chi connectivity index (χ1) is 13.7. The monoisotopic (exact) mass is 371 g/mol. The molecule has 0 aliphatic rings. The van der Waals surface area contributed by atoms with E-state index < -0.39 is 0 Å². The van der Waals surface area contributed by atoms with Crippen LogP contribution in [0.15, 0.2) is 59.1 Å². The molecular formula is C22H17N3O3. The number of methoxy groups -OCH3 is 1. The van der Waals surface area contributed by atoms with E-state index in [4.69, 9.17) is 13.9 Å². The minimum Gasteiger partial charge on any atom is -0.495 e. The van der Waals surface area contributed by atoms with Gasteiger partial charge in [0.05, 0.1) is 30.1 Å². The summed E-state index contributed by atoms with van der Waals surface area (Å²) in [6.45, 7) is 2.22. The predicted molar refractivity (Wildman–Crippen MR) is 104 cm³/mol. The summed E-state index contributed by atoms with van der Waals surface area (Å²) in [5, 5.41) is 9.44. The zero-order valence-electron chi connectivity index (χ0n) is 15.5. The Balaban J connectivity index is 1.58. The Labute approximate surface area is 162 Å². The maximum Gasteiger partial charge on any atom is 0.228 e. The van der Waals surface area contributed by atoms with Crippen molar-refractivity contribution in [2.75, 3.05) is 7.11 Å². The van der Waals surface area contributed by atoms with Gasteiger partial charge >= 0.3 is 0 Å². The Bertz CT molecular complexity index is 1170. The van der Waals surface area contributed by atoms with E-state index in [1.54, 1.807) is 13.3 Å². The molecule has 0 aliphatic heterocycles. The maximum absolute atomic E-state index is 9.44. The molecule has 0 spiro atoms. The number of aromatic nitrogens is 2. The van der Waals surface area contributed by atoms with Crippen molar-refractivity contribution < 1.29 is 13.9 Å². The van der Waals surface area contributed by atoms with E-state index in [-0.39, 0.29) is 0 Å². The number of pyridine rings is 1. The van der Waals surface area contributed by atoms with Crippen LogP contribution < -0.4 is 9.47 Å². The molecule has 0 unspecified atom stereocenters. The minimum absolute atomic E-state index is 0.330. The van der Waals surface area contributed by atoms with E-state index in [1.165, 1.54) is 0 Å². The molecule has 2 aromatic heterocycles. The predicted octanol–water partition coefficient (Wildman–Crippen LogP) is 4.66. The van der Waals surface area contributed by atoms with E-state index in [2.05, 4.69) is 16.0 Å². The number of benzene rings is 2. The summed E-state index contributed by atoms with van der Waals surface area (Å²) in [6.07, 6.45) is 1.65. The molecule has 0 radical (unpaired) electrons. The second-order valence-electron chi connectivity index (χ2n) is 6.24. The molecule has 0 fully saturated rings. The van der Waals surface area contributed by atoms with Gasteiger partial charge in [-0.15, -0.1) is 0 Å². The third kappa shape index (κ3) is 3.38. The number of oxazole rings is 1. The number of hydrogen-bond donors (Lipinski definition) is 0. The topological polar surface area (TPSA) is 81.2 Å². The Kier molecular flexibility index (Phi) is 4.65. The fraction of sp³-hybridized carbons (Fsp3) is 0.136. The smallest absolute Gasteiger partial charge is 0.228 e. The van der Waals surface area contributed by atoms with Gasteiger partial charge in [0.1, 0.15) is 29.7 Å². The first-order valence-electron chi connectivity index (χ1n) is 8.70. The van der Waals surface area contributed by atoms with Crippen molar-refractivity contribution in [1.29, 1.82) is 5.26 Å². The normalized spacial score (nSPS) is 10.6. The van der Waals surface area contributed by atoms with E-state index in [0.717, 1.165) is 11.3 Å². The van der Waals surface area contributed by atoms with Crippen LogP contribution in [0.25, 0.3) is 22.6 Å². The van der Waals surface area contributed by atoms with Crippen LogP contribution in [0.1, 0.15) is 16.8 Å². The highest BCUT2D eigenvalue weighted by Gasteiger charge is 2.14. The van der Waals surface area contributed by atoms with Crippen LogP contribution in [0, 0.1) is 18.3 Å². The summed E-state index contributed by atoms with van der Waals surface area (Å²) in [7, 11) is 1.60. The Morgan fingerprint density at radius 1 is 1.11 bits per heavy atom. The standard InChI is InChI=1S/C22H17N3O3/c1-14-4-3-5-18(19(14)11-23)22-25-20-10-16(8-9-21(20)28-22)27-13-15-6-7-17(26-2)12-24-15/h3-10,12H,13H2,1-2H3. The molecule has 4 aromatic rings. The fourth-order valence-corrected chi connectivity index (χ4v) is 2.88. The summed E-state index contributed by atoms with van der Waals surface area (Å²) in [5.74, 6) is 1.78. The Morgan fingerprint density at radius 2 is 1.96 bits per heavy atom.